The molecule has 3 aromatic rings. The van der Waals surface area contributed by atoms with Crippen molar-refractivity contribution < 1.29 is 9.18 Å². The predicted molar refractivity (Wildman–Crippen MR) is 121 cm³/mol. The monoisotopic (exact) mass is 445 g/mol. The zero-order chi connectivity index (χ0) is 23.2. The van der Waals surface area contributed by atoms with Crippen molar-refractivity contribution in [2.45, 2.75) is 43.7 Å². The second-order valence-electron chi connectivity index (χ2n) is 9.04. The zero-order valence-corrected chi connectivity index (χ0v) is 18.3. The van der Waals surface area contributed by atoms with Gasteiger partial charge in [0.25, 0.3) is 11.5 Å². The molecule has 2 aliphatic rings. The molecule has 1 atom stereocenters. The molecular formula is C25H24FN5O2. The number of carbonyl (C=O) groups excluding carboxylic acids is 1. The number of hydrogen-bond acceptors (Lipinski definition) is 5. The highest BCUT2D eigenvalue weighted by molar-refractivity contribution is 5.95. The van der Waals surface area contributed by atoms with E-state index in [1.807, 2.05) is 19.1 Å². The van der Waals surface area contributed by atoms with E-state index in [-0.39, 0.29) is 29.0 Å². The summed E-state index contributed by atoms with van der Waals surface area (Å²) in [4.78, 5) is 26.7. The molecule has 1 aromatic heterocycles. The van der Waals surface area contributed by atoms with Crippen molar-refractivity contribution in [3.63, 3.8) is 0 Å². The third-order valence-corrected chi connectivity index (χ3v) is 6.93. The number of fused-ring (bicyclic) bond motifs is 1. The van der Waals surface area contributed by atoms with Gasteiger partial charge in [-0.3, -0.25) is 14.9 Å². The van der Waals surface area contributed by atoms with E-state index >= 15 is 0 Å². The molecule has 2 aromatic carbocycles. The number of amides is 1. The Morgan fingerprint density at radius 2 is 2.00 bits per heavy atom. The van der Waals surface area contributed by atoms with Crippen LogP contribution in [-0.2, 0) is 0 Å². The highest BCUT2D eigenvalue weighted by atomic mass is 19.1. The fourth-order valence-electron chi connectivity index (χ4n) is 4.72. The molecule has 33 heavy (non-hydrogen) atoms. The summed E-state index contributed by atoms with van der Waals surface area (Å²) in [5, 5.41) is 20.8. The van der Waals surface area contributed by atoms with Gasteiger partial charge in [-0.1, -0.05) is 31.2 Å². The number of aromatic amines is 1. The van der Waals surface area contributed by atoms with Crippen LogP contribution < -0.4 is 10.9 Å². The molecule has 2 N–H and O–H groups in total. The minimum Gasteiger partial charge on any atom is -0.335 e. The van der Waals surface area contributed by atoms with Gasteiger partial charge in [0.05, 0.1) is 22.7 Å². The smallest absolute Gasteiger partial charge is 0.272 e. The largest absolute Gasteiger partial charge is 0.335 e. The molecule has 1 aliphatic carbocycles. The molecule has 1 unspecified atom stereocenters. The Labute approximate surface area is 190 Å². The minimum absolute atomic E-state index is 0.0187. The summed E-state index contributed by atoms with van der Waals surface area (Å²) in [6.07, 6.45) is 2.69. The van der Waals surface area contributed by atoms with E-state index in [0.29, 0.717) is 24.2 Å². The molecule has 5 rings (SSSR count). The summed E-state index contributed by atoms with van der Waals surface area (Å²) in [6.45, 7) is 2.82. The van der Waals surface area contributed by atoms with Crippen LogP contribution in [0, 0.1) is 17.1 Å². The second kappa shape index (κ2) is 8.09. The summed E-state index contributed by atoms with van der Waals surface area (Å²) < 4.78 is 14.6. The quantitative estimate of drug-likeness (QED) is 0.629. The molecule has 2 fully saturated rings. The van der Waals surface area contributed by atoms with Gasteiger partial charge in [-0.25, -0.2) is 9.49 Å². The number of aromatic nitrogens is 2. The van der Waals surface area contributed by atoms with Gasteiger partial charge >= 0.3 is 0 Å². The Morgan fingerprint density at radius 1 is 1.27 bits per heavy atom. The van der Waals surface area contributed by atoms with Gasteiger partial charge in [0.2, 0.25) is 0 Å². The topological polar surface area (TPSA) is 102 Å². The van der Waals surface area contributed by atoms with Crippen molar-refractivity contribution in [2.24, 2.45) is 0 Å². The molecule has 1 saturated carbocycles. The first-order chi connectivity index (χ1) is 15.9. The van der Waals surface area contributed by atoms with E-state index in [0.717, 1.165) is 30.2 Å². The third-order valence-electron chi connectivity index (χ3n) is 6.93. The number of carbonyl (C=O) groups is 1. The number of nitrogens with zero attached hydrogens (tertiary/aromatic N) is 3. The SMILES string of the molecule is CC(c1ccc(F)c(C(=O)N2CC(NC3(C#N)CCC3)C2)c1)c1n[nH]c(=O)c2ccccc12. The van der Waals surface area contributed by atoms with Crippen molar-refractivity contribution >= 4 is 16.7 Å². The molecule has 0 bridgehead atoms. The van der Waals surface area contributed by atoms with Crippen LogP contribution in [0.3, 0.4) is 0 Å². The van der Waals surface area contributed by atoms with Crippen LogP contribution >= 0.6 is 0 Å². The van der Waals surface area contributed by atoms with E-state index in [9.17, 15) is 19.2 Å². The molecule has 2 heterocycles. The van der Waals surface area contributed by atoms with E-state index in [1.165, 1.54) is 6.07 Å². The fourth-order valence-corrected chi connectivity index (χ4v) is 4.72. The molecule has 1 aliphatic heterocycles. The van der Waals surface area contributed by atoms with E-state index in [1.54, 1.807) is 29.2 Å². The first kappa shape index (κ1) is 21.3. The summed E-state index contributed by atoms with van der Waals surface area (Å²) in [5.41, 5.74) is 0.679. The van der Waals surface area contributed by atoms with Gasteiger partial charge in [0, 0.05) is 30.4 Å². The third kappa shape index (κ3) is 3.68. The zero-order valence-electron chi connectivity index (χ0n) is 18.3. The summed E-state index contributed by atoms with van der Waals surface area (Å²) in [6, 6.07) is 14.1. The van der Waals surface area contributed by atoms with E-state index in [4.69, 9.17) is 0 Å². The van der Waals surface area contributed by atoms with Gasteiger partial charge in [-0.15, -0.1) is 0 Å². The Hall–Kier alpha value is -3.57. The number of nitrogens with one attached hydrogen (secondary N) is 2. The number of rotatable bonds is 5. The predicted octanol–water partition coefficient (Wildman–Crippen LogP) is 3.07. The number of hydrogen-bond donors (Lipinski definition) is 2. The van der Waals surface area contributed by atoms with Crippen LogP contribution in [0.1, 0.15) is 53.7 Å². The van der Waals surface area contributed by atoms with Crippen LogP contribution in [0.5, 0.6) is 0 Å². The van der Waals surface area contributed by atoms with Gasteiger partial charge in [-0.2, -0.15) is 10.4 Å². The standard InChI is InChI=1S/C25H24FN5O2/c1-15(22-18-5-2-3-6-19(18)23(32)30-29-22)16-7-8-21(26)20(11-16)24(33)31-12-17(13-31)28-25(14-27)9-4-10-25/h2-3,5-8,11,15,17,28H,4,9-10,12-13H2,1H3,(H,30,32). The van der Waals surface area contributed by atoms with Gasteiger partial charge < -0.3 is 4.90 Å². The summed E-state index contributed by atoms with van der Waals surface area (Å²) in [7, 11) is 0. The van der Waals surface area contributed by atoms with Crippen LogP contribution in [0.25, 0.3) is 10.8 Å². The average Bonchev–Trinajstić information content (AvgIpc) is 2.77. The molecule has 8 heteroatoms. The first-order valence-electron chi connectivity index (χ1n) is 11.2. The van der Waals surface area contributed by atoms with E-state index in [2.05, 4.69) is 21.6 Å². The fraction of sp³-hybridized carbons (Fsp3) is 0.360. The van der Waals surface area contributed by atoms with Gasteiger partial charge in [0.1, 0.15) is 11.4 Å². The van der Waals surface area contributed by atoms with Crippen molar-refractivity contribution in [3.8, 4) is 6.07 Å². The van der Waals surface area contributed by atoms with E-state index < -0.39 is 11.4 Å². The number of halogens is 1. The van der Waals surface area contributed by atoms with Crippen molar-refractivity contribution in [1.29, 1.82) is 5.26 Å². The number of H-pyrrole nitrogens is 1. The Balaban J connectivity index is 1.36. The maximum absolute atomic E-state index is 14.6. The maximum Gasteiger partial charge on any atom is 0.272 e. The summed E-state index contributed by atoms with van der Waals surface area (Å²) >= 11 is 0. The molecule has 168 valence electrons. The molecular weight excluding hydrogens is 421 g/mol. The second-order valence-corrected chi connectivity index (χ2v) is 9.04. The lowest BCUT2D eigenvalue weighted by Gasteiger charge is -2.46. The Kier molecular flexibility index (Phi) is 5.22. The lowest BCUT2D eigenvalue weighted by molar-refractivity contribution is 0.0492. The lowest BCUT2D eigenvalue weighted by atomic mass is 9.77. The molecule has 7 nitrogen and oxygen atoms in total. The number of likely N-dealkylation sites (tertiary alicyclic amines) is 1. The van der Waals surface area contributed by atoms with Crippen LogP contribution in [-0.4, -0.2) is 45.7 Å². The average molecular weight is 445 g/mol. The van der Waals surface area contributed by atoms with Crippen LogP contribution in [0.2, 0.25) is 0 Å². The summed E-state index contributed by atoms with van der Waals surface area (Å²) in [5.74, 6) is -1.20. The van der Waals surface area contributed by atoms with Gasteiger partial charge in [-0.05, 0) is 43.0 Å². The number of benzene rings is 2. The Bertz CT molecular complexity index is 1330. The van der Waals surface area contributed by atoms with Crippen molar-refractivity contribution in [3.05, 3.63) is 75.5 Å². The molecule has 0 spiro atoms. The van der Waals surface area contributed by atoms with Crippen LogP contribution in [0.4, 0.5) is 4.39 Å². The van der Waals surface area contributed by atoms with Crippen molar-refractivity contribution in [2.75, 3.05) is 13.1 Å². The maximum atomic E-state index is 14.6. The van der Waals surface area contributed by atoms with Crippen molar-refractivity contribution in [1.82, 2.24) is 20.4 Å². The first-order valence-corrected chi connectivity index (χ1v) is 11.2. The lowest BCUT2D eigenvalue weighted by Crippen LogP contribution is -2.66. The van der Waals surface area contributed by atoms with Crippen LogP contribution in [0.15, 0.2) is 47.3 Å². The number of nitriles is 1. The molecule has 1 saturated heterocycles. The normalized spacial score (nSPS) is 18.3. The molecule has 1 amide bonds. The highest BCUT2D eigenvalue weighted by Crippen LogP contribution is 2.33. The Morgan fingerprint density at radius 3 is 2.67 bits per heavy atom. The molecule has 0 radical (unpaired) electrons. The highest BCUT2D eigenvalue weighted by Gasteiger charge is 2.42. The van der Waals surface area contributed by atoms with Gasteiger partial charge in [0.15, 0.2) is 0 Å². The minimum atomic E-state index is -0.570.